The van der Waals surface area contributed by atoms with Crippen molar-refractivity contribution in [3.63, 3.8) is 0 Å². The Morgan fingerprint density at radius 2 is 1.68 bits per heavy atom. The smallest absolute Gasteiger partial charge is 0.194 e. The summed E-state index contributed by atoms with van der Waals surface area (Å²) in [5.41, 5.74) is 6.11. The van der Waals surface area contributed by atoms with Crippen molar-refractivity contribution in [1.29, 1.82) is 0 Å². The molecular formula is C13H18F3N3. The second-order valence-corrected chi connectivity index (χ2v) is 4.04. The van der Waals surface area contributed by atoms with Crippen LogP contribution in [0.25, 0.3) is 0 Å². The van der Waals surface area contributed by atoms with E-state index in [9.17, 15) is 13.2 Å². The van der Waals surface area contributed by atoms with E-state index in [0.29, 0.717) is 24.5 Å². The Morgan fingerprint density at radius 3 is 2.16 bits per heavy atom. The molecule has 106 valence electrons. The molecule has 0 bridgehead atoms. The molecule has 0 aliphatic carbocycles. The SMILES string of the molecule is CCN(CC)C(N)=NCCc1cc(F)c(F)c(F)c1. The van der Waals surface area contributed by atoms with Gasteiger partial charge in [-0.3, -0.25) is 4.99 Å². The maximum absolute atomic E-state index is 13.0. The Hall–Kier alpha value is -1.72. The molecule has 0 fully saturated rings. The second-order valence-electron chi connectivity index (χ2n) is 4.04. The summed E-state index contributed by atoms with van der Waals surface area (Å²) in [7, 11) is 0. The molecular weight excluding hydrogens is 255 g/mol. The molecule has 0 aromatic heterocycles. The molecule has 2 N–H and O–H groups in total. The Labute approximate surface area is 110 Å². The van der Waals surface area contributed by atoms with Gasteiger partial charge in [-0.2, -0.15) is 0 Å². The van der Waals surface area contributed by atoms with E-state index in [2.05, 4.69) is 4.99 Å². The first-order valence-electron chi connectivity index (χ1n) is 6.17. The second kappa shape index (κ2) is 7.01. The van der Waals surface area contributed by atoms with Crippen molar-refractivity contribution < 1.29 is 13.2 Å². The minimum atomic E-state index is -1.45. The summed E-state index contributed by atoms with van der Waals surface area (Å²) in [5.74, 6) is -3.42. The molecule has 6 heteroatoms. The van der Waals surface area contributed by atoms with Gasteiger partial charge in [-0.25, -0.2) is 13.2 Å². The highest BCUT2D eigenvalue weighted by Crippen LogP contribution is 2.13. The molecule has 0 spiro atoms. The molecule has 0 atom stereocenters. The Kier molecular flexibility index (Phi) is 5.66. The number of nitrogens with zero attached hydrogens (tertiary/aromatic N) is 2. The fraction of sp³-hybridized carbons (Fsp3) is 0.462. The lowest BCUT2D eigenvalue weighted by Gasteiger charge is -2.19. The number of rotatable bonds is 5. The lowest BCUT2D eigenvalue weighted by molar-refractivity contribution is 0.445. The van der Waals surface area contributed by atoms with Crippen LogP contribution in [0.4, 0.5) is 13.2 Å². The summed E-state index contributed by atoms with van der Waals surface area (Å²) in [6.07, 6.45) is 0.302. The molecule has 0 saturated carbocycles. The predicted molar refractivity (Wildman–Crippen MR) is 69.4 cm³/mol. The standard InChI is InChI=1S/C13H18F3N3/c1-3-19(4-2)13(17)18-6-5-9-7-10(14)12(16)11(15)8-9/h7-8H,3-6H2,1-2H3,(H2,17,18). The fourth-order valence-electron chi connectivity index (χ4n) is 1.70. The maximum atomic E-state index is 13.0. The van der Waals surface area contributed by atoms with Gasteiger partial charge in [0.2, 0.25) is 0 Å². The van der Waals surface area contributed by atoms with E-state index in [4.69, 9.17) is 5.73 Å². The van der Waals surface area contributed by atoms with Gasteiger partial charge in [0.1, 0.15) is 0 Å². The summed E-state index contributed by atoms with van der Waals surface area (Å²) in [6.45, 7) is 5.69. The molecule has 0 radical (unpaired) electrons. The number of nitrogens with two attached hydrogens (primary N) is 1. The first-order valence-corrected chi connectivity index (χ1v) is 6.17. The van der Waals surface area contributed by atoms with Crippen molar-refractivity contribution >= 4 is 5.96 Å². The molecule has 1 aromatic carbocycles. The quantitative estimate of drug-likeness (QED) is 0.508. The zero-order chi connectivity index (χ0) is 14.4. The predicted octanol–water partition coefficient (Wildman–Crippen LogP) is 2.30. The highest BCUT2D eigenvalue weighted by molar-refractivity contribution is 5.77. The third-order valence-electron chi connectivity index (χ3n) is 2.81. The first-order chi connectivity index (χ1) is 8.99. The molecule has 0 unspecified atom stereocenters. The van der Waals surface area contributed by atoms with Gasteiger partial charge >= 0.3 is 0 Å². The van der Waals surface area contributed by atoms with Crippen LogP contribution >= 0.6 is 0 Å². The summed E-state index contributed by atoms with van der Waals surface area (Å²) >= 11 is 0. The minimum absolute atomic E-state index is 0.298. The van der Waals surface area contributed by atoms with E-state index >= 15 is 0 Å². The Bertz CT molecular complexity index is 433. The zero-order valence-electron chi connectivity index (χ0n) is 11.1. The van der Waals surface area contributed by atoms with Crippen LogP contribution < -0.4 is 5.73 Å². The number of guanidine groups is 1. The number of hydrogen-bond donors (Lipinski definition) is 1. The maximum Gasteiger partial charge on any atom is 0.194 e. The van der Waals surface area contributed by atoms with Gasteiger partial charge in [0.25, 0.3) is 0 Å². The van der Waals surface area contributed by atoms with Crippen molar-refractivity contribution in [2.45, 2.75) is 20.3 Å². The first kappa shape index (κ1) is 15.3. The van der Waals surface area contributed by atoms with Crippen molar-refractivity contribution in [3.8, 4) is 0 Å². The van der Waals surface area contributed by atoms with Gasteiger partial charge in [-0.15, -0.1) is 0 Å². The lowest BCUT2D eigenvalue weighted by atomic mass is 10.1. The van der Waals surface area contributed by atoms with E-state index in [1.807, 2.05) is 18.7 Å². The largest absolute Gasteiger partial charge is 0.370 e. The molecule has 1 aromatic rings. The van der Waals surface area contributed by atoms with Gasteiger partial charge in [-0.1, -0.05) is 0 Å². The molecule has 1 rings (SSSR count). The number of halogens is 3. The Balaban J connectivity index is 2.65. The van der Waals surface area contributed by atoms with Gasteiger partial charge in [0, 0.05) is 19.6 Å². The zero-order valence-corrected chi connectivity index (χ0v) is 11.1. The van der Waals surface area contributed by atoms with Gasteiger partial charge in [0.15, 0.2) is 23.4 Å². The van der Waals surface area contributed by atoms with Crippen LogP contribution in [0.5, 0.6) is 0 Å². The van der Waals surface area contributed by atoms with Crippen molar-refractivity contribution in [1.82, 2.24) is 4.90 Å². The molecule has 19 heavy (non-hydrogen) atoms. The molecule has 0 saturated heterocycles. The summed E-state index contributed by atoms with van der Waals surface area (Å²) in [5, 5.41) is 0. The molecule has 0 aliphatic heterocycles. The average molecular weight is 273 g/mol. The Morgan fingerprint density at radius 1 is 1.16 bits per heavy atom. The van der Waals surface area contributed by atoms with Crippen LogP contribution in [0, 0.1) is 17.5 Å². The van der Waals surface area contributed by atoms with Crippen LogP contribution in [0.2, 0.25) is 0 Å². The third kappa shape index (κ3) is 4.15. The molecule has 3 nitrogen and oxygen atoms in total. The molecule has 0 aliphatic rings. The molecule has 0 heterocycles. The summed E-state index contributed by atoms with van der Waals surface area (Å²) in [4.78, 5) is 5.99. The summed E-state index contributed by atoms with van der Waals surface area (Å²) in [6, 6.07) is 1.95. The lowest BCUT2D eigenvalue weighted by Crippen LogP contribution is -2.37. The van der Waals surface area contributed by atoms with Crippen LogP contribution in [0.3, 0.4) is 0 Å². The van der Waals surface area contributed by atoms with Crippen molar-refractivity contribution in [3.05, 3.63) is 35.1 Å². The van der Waals surface area contributed by atoms with E-state index in [1.54, 1.807) is 0 Å². The van der Waals surface area contributed by atoms with Crippen LogP contribution in [0.15, 0.2) is 17.1 Å². The van der Waals surface area contributed by atoms with Gasteiger partial charge < -0.3 is 10.6 Å². The van der Waals surface area contributed by atoms with Crippen LogP contribution in [0.1, 0.15) is 19.4 Å². The minimum Gasteiger partial charge on any atom is -0.370 e. The van der Waals surface area contributed by atoms with Crippen molar-refractivity contribution in [2.24, 2.45) is 10.7 Å². The van der Waals surface area contributed by atoms with E-state index in [1.165, 1.54) is 0 Å². The third-order valence-corrected chi connectivity index (χ3v) is 2.81. The monoisotopic (exact) mass is 273 g/mol. The van der Waals surface area contributed by atoms with Crippen LogP contribution in [-0.4, -0.2) is 30.5 Å². The van der Waals surface area contributed by atoms with E-state index in [-0.39, 0.29) is 0 Å². The van der Waals surface area contributed by atoms with Gasteiger partial charge in [0.05, 0.1) is 0 Å². The van der Waals surface area contributed by atoms with E-state index in [0.717, 1.165) is 25.2 Å². The highest BCUT2D eigenvalue weighted by atomic mass is 19.2. The van der Waals surface area contributed by atoms with Crippen LogP contribution in [-0.2, 0) is 6.42 Å². The topological polar surface area (TPSA) is 41.6 Å². The average Bonchev–Trinajstić information content (AvgIpc) is 2.37. The van der Waals surface area contributed by atoms with E-state index < -0.39 is 17.5 Å². The summed E-state index contributed by atoms with van der Waals surface area (Å²) < 4.78 is 38.7. The number of aliphatic imine (C=N–C) groups is 1. The normalized spacial score (nSPS) is 11.7. The van der Waals surface area contributed by atoms with Crippen molar-refractivity contribution in [2.75, 3.05) is 19.6 Å². The number of benzene rings is 1. The van der Waals surface area contributed by atoms with Gasteiger partial charge in [-0.05, 0) is 38.0 Å². The number of hydrogen-bond acceptors (Lipinski definition) is 1. The highest BCUT2D eigenvalue weighted by Gasteiger charge is 2.10. The molecule has 0 amide bonds. The fourth-order valence-corrected chi connectivity index (χ4v) is 1.70.